The summed E-state index contributed by atoms with van der Waals surface area (Å²) in [7, 11) is 0. The molecule has 6 heteroatoms. The number of carbonyl (C=O) groups excluding carboxylic acids is 1. The lowest BCUT2D eigenvalue weighted by molar-refractivity contribution is -0.120. The summed E-state index contributed by atoms with van der Waals surface area (Å²) in [6, 6.07) is 17.9. The van der Waals surface area contributed by atoms with Crippen molar-refractivity contribution in [2.24, 2.45) is 0 Å². The summed E-state index contributed by atoms with van der Waals surface area (Å²) in [6.45, 7) is 0.294. The van der Waals surface area contributed by atoms with Crippen molar-refractivity contribution >= 4 is 44.3 Å². The normalized spacial score (nSPS) is 10.4. The van der Waals surface area contributed by atoms with Crippen LogP contribution in [0.3, 0.4) is 0 Å². The monoisotopic (exact) mass is 474 g/mol. The van der Waals surface area contributed by atoms with Crippen LogP contribution in [0.4, 0.5) is 0 Å². The number of hydrogen-bond acceptors (Lipinski definition) is 3. The first-order valence-electron chi connectivity index (χ1n) is 7.53. The van der Waals surface area contributed by atoms with E-state index in [1.165, 1.54) is 6.07 Å². The molecule has 3 aromatic carbocycles. The lowest BCUT2D eigenvalue weighted by Crippen LogP contribution is -2.03. The Morgan fingerprint density at radius 1 is 0.846 bits per heavy atom. The topological polar surface area (TPSA) is 63.6 Å². The van der Waals surface area contributed by atoms with E-state index in [-0.39, 0.29) is 11.3 Å². The molecule has 0 heterocycles. The molecule has 130 valence electrons. The van der Waals surface area contributed by atoms with E-state index in [1.807, 2.05) is 48.5 Å². The van der Waals surface area contributed by atoms with Gasteiger partial charge in [0.15, 0.2) is 0 Å². The Kier molecular flexibility index (Phi) is 5.54. The van der Waals surface area contributed by atoms with Crippen molar-refractivity contribution in [1.82, 2.24) is 0 Å². The summed E-state index contributed by atoms with van der Waals surface area (Å²) in [5.41, 5.74) is 2.79. The molecule has 3 aromatic rings. The van der Waals surface area contributed by atoms with Gasteiger partial charge in [-0.2, -0.15) is 0 Å². The van der Waals surface area contributed by atoms with E-state index in [2.05, 4.69) is 31.9 Å². The van der Waals surface area contributed by atoms with Crippen LogP contribution in [0.2, 0.25) is 0 Å². The van der Waals surface area contributed by atoms with Gasteiger partial charge in [-0.3, -0.25) is 4.79 Å². The molecule has 0 aliphatic rings. The summed E-state index contributed by atoms with van der Waals surface area (Å²) in [5, 5.41) is 9.61. The van der Waals surface area contributed by atoms with Gasteiger partial charge in [-0.1, -0.05) is 56.1 Å². The Bertz CT molecular complexity index is 964. The summed E-state index contributed by atoms with van der Waals surface area (Å²) in [4.78, 5) is 22.7. The molecule has 0 bridgehead atoms. The Hall–Kier alpha value is -2.44. The molecule has 0 aliphatic heterocycles. The van der Waals surface area contributed by atoms with Gasteiger partial charge in [0.1, 0.15) is 5.75 Å². The second-order valence-corrected chi connectivity index (χ2v) is 7.26. The number of hydrogen-bond donors (Lipinski definition) is 1. The standard InChI is InChI=1S/C20H12Br2O4/c21-14-5-1-12(2-6-14)16-9-17(13-3-7-15(22)8-4-13)19(26-11-23)10-18(16)20(24)25/h1-11H,(H,24,25). The average molecular weight is 476 g/mol. The zero-order chi connectivity index (χ0) is 18.7. The van der Waals surface area contributed by atoms with Crippen molar-refractivity contribution in [3.05, 3.63) is 75.2 Å². The van der Waals surface area contributed by atoms with Gasteiger partial charge in [0.2, 0.25) is 0 Å². The maximum Gasteiger partial charge on any atom is 0.336 e. The van der Waals surface area contributed by atoms with Gasteiger partial charge in [0, 0.05) is 14.5 Å². The highest BCUT2D eigenvalue weighted by Crippen LogP contribution is 2.37. The average Bonchev–Trinajstić information content (AvgIpc) is 2.63. The number of halogens is 2. The van der Waals surface area contributed by atoms with E-state index < -0.39 is 5.97 Å². The highest BCUT2D eigenvalue weighted by Gasteiger charge is 2.18. The Labute approximate surface area is 166 Å². The molecule has 0 aromatic heterocycles. The molecule has 4 nitrogen and oxygen atoms in total. The third-order valence-electron chi connectivity index (χ3n) is 3.84. The Morgan fingerprint density at radius 3 is 1.81 bits per heavy atom. The Morgan fingerprint density at radius 2 is 1.35 bits per heavy atom. The van der Waals surface area contributed by atoms with Gasteiger partial charge in [0.25, 0.3) is 6.47 Å². The first-order chi connectivity index (χ1) is 12.5. The lowest BCUT2D eigenvalue weighted by Gasteiger charge is -2.14. The Balaban J connectivity index is 2.26. The van der Waals surface area contributed by atoms with E-state index in [0.717, 1.165) is 20.1 Å². The number of carboxylic acid groups (broad SMARTS) is 1. The van der Waals surface area contributed by atoms with Crippen LogP contribution in [0.25, 0.3) is 22.3 Å². The fourth-order valence-corrected chi connectivity index (χ4v) is 3.16. The minimum Gasteiger partial charge on any atom is -0.478 e. The number of benzene rings is 3. The molecule has 1 N–H and O–H groups in total. The molecule has 0 atom stereocenters. The van der Waals surface area contributed by atoms with E-state index in [4.69, 9.17) is 4.74 Å². The number of carbonyl (C=O) groups is 2. The van der Waals surface area contributed by atoms with E-state index in [1.54, 1.807) is 6.07 Å². The number of rotatable bonds is 5. The van der Waals surface area contributed by atoms with Crippen molar-refractivity contribution in [3.63, 3.8) is 0 Å². The molecule has 0 saturated heterocycles. The van der Waals surface area contributed by atoms with Crippen LogP contribution in [0.5, 0.6) is 5.75 Å². The molecule has 0 amide bonds. The molecular weight excluding hydrogens is 464 g/mol. The van der Waals surface area contributed by atoms with Gasteiger partial charge < -0.3 is 9.84 Å². The van der Waals surface area contributed by atoms with Crippen molar-refractivity contribution in [1.29, 1.82) is 0 Å². The third kappa shape index (κ3) is 3.86. The molecule has 26 heavy (non-hydrogen) atoms. The van der Waals surface area contributed by atoms with Crippen LogP contribution in [0, 0.1) is 0 Å². The van der Waals surface area contributed by atoms with Crippen LogP contribution < -0.4 is 4.74 Å². The van der Waals surface area contributed by atoms with E-state index in [9.17, 15) is 14.7 Å². The zero-order valence-corrected chi connectivity index (χ0v) is 16.5. The molecule has 3 rings (SSSR count). The molecule has 0 spiro atoms. The highest BCUT2D eigenvalue weighted by atomic mass is 79.9. The summed E-state index contributed by atoms with van der Waals surface area (Å²) in [5.74, 6) is -0.901. The summed E-state index contributed by atoms with van der Waals surface area (Å²) >= 11 is 6.76. The van der Waals surface area contributed by atoms with Gasteiger partial charge in [0.05, 0.1) is 5.56 Å². The van der Waals surface area contributed by atoms with Crippen molar-refractivity contribution in [3.8, 4) is 28.0 Å². The smallest absolute Gasteiger partial charge is 0.336 e. The van der Waals surface area contributed by atoms with Crippen molar-refractivity contribution in [2.45, 2.75) is 0 Å². The quantitative estimate of drug-likeness (QED) is 0.475. The van der Waals surface area contributed by atoms with E-state index in [0.29, 0.717) is 17.6 Å². The number of aromatic carboxylic acids is 1. The predicted molar refractivity (Wildman–Crippen MR) is 106 cm³/mol. The van der Waals surface area contributed by atoms with Crippen LogP contribution >= 0.6 is 31.9 Å². The third-order valence-corrected chi connectivity index (χ3v) is 4.89. The first-order valence-corrected chi connectivity index (χ1v) is 9.11. The lowest BCUT2D eigenvalue weighted by atomic mass is 9.93. The minimum atomic E-state index is -1.10. The number of carboxylic acids is 1. The minimum absolute atomic E-state index is 0.0602. The van der Waals surface area contributed by atoms with Gasteiger partial charge in [-0.05, 0) is 53.1 Å². The number of ether oxygens (including phenoxy) is 1. The molecule has 0 radical (unpaired) electrons. The van der Waals surface area contributed by atoms with E-state index >= 15 is 0 Å². The molecule has 0 fully saturated rings. The summed E-state index contributed by atoms with van der Waals surface area (Å²) in [6.07, 6.45) is 0. The molecule has 0 aliphatic carbocycles. The van der Waals surface area contributed by atoms with Gasteiger partial charge >= 0.3 is 5.97 Å². The van der Waals surface area contributed by atoms with Crippen LogP contribution in [-0.2, 0) is 4.79 Å². The maximum atomic E-state index is 11.8. The second kappa shape index (κ2) is 7.85. The largest absolute Gasteiger partial charge is 0.478 e. The highest BCUT2D eigenvalue weighted by molar-refractivity contribution is 9.10. The fraction of sp³-hybridized carbons (Fsp3) is 0. The summed E-state index contributed by atoms with van der Waals surface area (Å²) < 4.78 is 6.87. The SMILES string of the molecule is O=COc1cc(C(=O)O)c(-c2ccc(Br)cc2)cc1-c1ccc(Br)cc1. The maximum absolute atomic E-state index is 11.8. The zero-order valence-electron chi connectivity index (χ0n) is 13.3. The first kappa shape index (κ1) is 18.4. The fourth-order valence-electron chi connectivity index (χ4n) is 2.63. The van der Waals surface area contributed by atoms with Crippen LogP contribution in [0.15, 0.2) is 69.6 Å². The van der Waals surface area contributed by atoms with Gasteiger partial charge in [-0.25, -0.2) is 4.79 Å². The molecule has 0 saturated carbocycles. The second-order valence-electron chi connectivity index (χ2n) is 5.43. The molecule has 0 unspecified atom stereocenters. The molecular formula is C20H12Br2O4. The van der Waals surface area contributed by atoms with Crippen LogP contribution in [0.1, 0.15) is 10.4 Å². The van der Waals surface area contributed by atoms with Gasteiger partial charge in [-0.15, -0.1) is 0 Å². The van der Waals surface area contributed by atoms with Crippen LogP contribution in [-0.4, -0.2) is 17.5 Å². The predicted octanol–water partition coefficient (Wildman–Crippen LogP) is 5.78. The van der Waals surface area contributed by atoms with Crippen molar-refractivity contribution in [2.75, 3.05) is 0 Å². The van der Waals surface area contributed by atoms with Crippen molar-refractivity contribution < 1.29 is 19.4 Å².